The van der Waals surface area contributed by atoms with Crippen molar-refractivity contribution in [1.82, 2.24) is 5.32 Å². The van der Waals surface area contributed by atoms with Gasteiger partial charge in [0.15, 0.2) is 0 Å². The van der Waals surface area contributed by atoms with Crippen molar-refractivity contribution in [3.63, 3.8) is 0 Å². The molecule has 1 aromatic carbocycles. The van der Waals surface area contributed by atoms with Crippen molar-refractivity contribution in [3.05, 3.63) is 47.4 Å². The van der Waals surface area contributed by atoms with E-state index in [-0.39, 0.29) is 23.8 Å². The van der Waals surface area contributed by atoms with E-state index < -0.39 is 0 Å². The molecule has 0 bridgehead atoms. The van der Waals surface area contributed by atoms with E-state index in [1.54, 1.807) is 24.5 Å². The van der Waals surface area contributed by atoms with Crippen molar-refractivity contribution < 1.29 is 4.39 Å². The molecule has 3 unspecified atom stereocenters. The first-order chi connectivity index (χ1) is 8.79. The van der Waals surface area contributed by atoms with E-state index in [9.17, 15) is 4.39 Å². The number of halogens is 1. The maximum Gasteiger partial charge on any atom is 0.127 e. The molecule has 2 aliphatic rings. The van der Waals surface area contributed by atoms with Crippen molar-refractivity contribution in [3.8, 4) is 6.07 Å². The van der Waals surface area contributed by atoms with Gasteiger partial charge in [0.1, 0.15) is 12.0 Å². The molecule has 0 fully saturated rings. The number of fused-ring (bicyclic) bond motifs is 1. The van der Waals surface area contributed by atoms with Crippen LogP contribution in [0.1, 0.15) is 17.9 Å². The Balaban J connectivity index is 1.90. The highest BCUT2D eigenvalue weighted by atomic mass is 19.1. The Hall–Kier alpha value is -2.15. The van der Waals surface area contributed by atoms with Crippen LogP contribution in [0.15, 0.2) is 41.0 Å². The van der Waals surface area contributed by atoms with Gasteiger partial charge in [0.25, 0.3) is 0 Å². The van der Waals surface area contributed by atoms with E-state index in [1.165, 1.54) is 6.07 Å². The third kappa shape index (κ3) is 1.68. The van der Waals surface area contributed by atoms with Crippen LogP contribution in [-0.2, 0) is 0 Å². The first-order valence-corrected chi connectivity index (χ1v) is 5.93. The molecule has 2 heterocycles. The van der Waals surface area contributed by atoms with Crippen LogP contribution >= 0.6 is 0 Å². The Bertz CT molecular complexity index is 571. The van der Waals surface area contributed by atoms with Gasteiger partial charge in [-0.05, 0) is 18.1 Å². The van der Waals surface area contributed by atoms with Gasteiger partial charge in [0.05, 0.1) is 11.6 Å². The molecule has 18 heavy (non-hydrogen) atoms. The summed E-state index contributed by atoms with van der Waals surface area (Å²) in [5.41, 5.74) is 1.36. The van der Waals surface area contributed by atoms with Crippen LogP contribution in [0.3, 0.4) is 0 Å². The Labute approximate surface area is 105 Å². The van der Waals surface area contributed by atoms with Gasteiger partial charge >= 0.3 is 0 Å². The zero-order valence-electron chi connectivity index (χ0n) is 9.68. The fourth-order valence-corrected chi connectivity index (χ4v) is 2.60. The monoisotopic (exact) mass is 241 g/mol. The smallest absolute Gasteiger partial charge is 0.127 e. The van der Waals surface area contributed by atoms with Crippen molar-refractivity contribution >= 4 is 6.21 Å². The lowest BCUT2D eigenvalue weighted by Crippen LogP contribution is -2.31. The molecule has 1 aromatic rings. The summed E-state index contributed by atoms with van der Waals surface area (Å²) in [5, 5.41) is 12.1. The average molecular weight is 241 g/mol. The molecule has 0 saturated heterocycles. The first kappa shape index (κ1) is 11.0. The number of rotatable bonds is 1. The molecule has 0 aliphatic carbocycles. The molecule has 3 atom stereocenters. The summed E-state index contributed by atoms with van der Waals surface area (Å²) in [6.07, 6.45) is 4.18. The second-order valence-electron chi connectivity index (χ2n) is 4.59. The lowest BCUT2D eigenvalue weighted by molar-refractivity contribution is 0.428. The highest BCUT2D eigenvalue weighted by Gasteiger charge is 2.35. The van der Waals surface area contributed by atoms with Crippen molar-refractivity contribution in [2.24, 2.45) is 10.9 Å². The van der Waals surface area contributed by atoms with E-state index in [2.05, 4.69) is 16.4 Å². The van der Waals surface area contributed by atoms with E-state index >= 15 is 0 Å². The fourth-order valence-electron chi connectivity index (χ4n) is 2.60. The largest absolute Gasteiger partial charge is 0.368 e. The van der Waals surface area contributed by atoms with Gasteiger partial charge in [-0.3, -0.25) is 4.99 Å². The SMILES string of the molecule is N#CC1=CNC2N=CC(c3ccccc3F)CC12. The standard InChI is InChI=1S/C14H12FN3/c15-13-4-2-1-3-11(13)9-5-12-10(6-16)8-18-14(12)17-7-9/h1-4,7-9,12,14,18H,5H2. The topological polar surface area (TPSA) is 48.2 Å². The lowest BCUT2D eigenvalue weighted by Gasteiger charge is -2.26. The maximum absolute atomic E-state index is 13.7. The average Bonchev–Trinajstić information content (AvgIpc) is 2.81. The van der Waals surface area contributed by atoms with Gasteiger partial charge in [0.2, 0.25) is 0 Å². The molecule has 4 heteroatoms. The highest BCUT2D eigenvalue weighted by Crippen LogP contribution is 2.35. The maximum atomic E-state index is 13.7. The molecule has 3 rings (SSSR count). The predicted octanol–water partition coefficient (Wildman–Crippen LogP) is 2.34. The van der Waals surface area contributed by atoms with E-state index in [4.69, 9.17) is 5.26 Å². The summed E-state index contributed by atoms with van der Waals surface area (Å²) in [6.45, 7) is 0. The molecule has 0 aromatic heterocycles. The number of benzene rings is 1. The van der Waals surface area contributed by atoms with E-state index in [0.717, 1.165) is 6.42 Å². The van der Waals surface area contributed by atoms with Crippen LogP contribution in [0.4, 0.5) is 4.39 Å². The number of nitrogens with one attached hydrogen (secondary N) is 1. The summed E-state index contributed by atoms with van der Waals surface area (Å²) in [4.78, 5) is 4.38. The van der Waals surface area contributed by atoms with E-state index in [0.29, 0.717) is 11.1 Å². The quantitative estimate of drug-likeness (QED) is 0.820. The molecular formula is C14H12FN3. The minimum absolute atomic E-state index is 0.0518. The molecule has 1 N–H and O–H groups in total. The zero-order valence-corrected chi connectivity index (χ0v) is 9.68. The normalized spacial score (nSPS) is 29.1. The third-order valence-corrected chi connectivity index (χ3v) is 3.56. The van der Waals surface area contributed by atoms with Crippen molar-refractivity contribution in [2.45, 2.75) is 18.5 Å². The summed E-state index contributed by atoms with van der Waals surface area (Å²) in [6, 6.07) is 8.93. The lowest BCUT2D eigenvalue weighted by atomic mass is 9.83. The molecule has 0 saturated carbocycles. The number of nitriles is 1. The molecule has 2 aliphatic heterocycles. The second-order valence-corrected chi connectivity index (χ2v) is 4.59. The molecule has 3 nitrogen and oxygen atoms in total. The Morgan fingerprint density at radius 1 is 1.39 bits per heavy atom. The Morgan fingerprint density at radius 3 is 3.00 bits per heavy atom. The van der Waals surface area contributed by atoms with Crippen LogP contribution in [0.2, 0.25) is 0 Å². The van der Waals surface area contributed by atoms with Gasteiger partial charge in [-0.25, -0.2) is 4.39 Å². The highest BCUT2D eigenvalue weighted by molar-refractivity contribution is 5.70. The summed E-state index contributed by atoms with van der Waals surface area (Å²) < 4.78 is 13.7. The van der Waals surface area contributed by atoms with E-state index in [1.807, 2.05) is 6.07 Å². The third-order valence-electron chi connectivity index (χ3n) is 3.56. The minimum atomic E-state index is -0.208. The molecule has 90 valence electrons. The van der Waals surface area contributed by atoms with Gasteiger partial charge < -0.3 is 5.32 Å². The Kier molecular flexibility index (Phi) is 2.60. The van der Waals surface area contributed by atoms with Gasteiger partial charge in [-0.2, -0.15) is 5.26 Å². The number of nitrogens with zero attached hydrogens (tertiary/aromatic N) is 2. The zero-order chi connectivity index (χ0) is 12.5. The van der Waals surface area contributed by atoms with Gasteiger partial charge in [-0.1, -0.05) is 18.2 Å². The molecule has 0 radical (unpaired) electrons. The van der Waals surface area contributed by atoms with Crippen molar-refractivity contribution in [1.29, 1.82) is 5.26 Å². The Morgan fingerprint density at radius 2 is 2.22 bits per heavy atom. The molecule has 0 spiro atoms. The van der Waals surface area contributed by atoms with Gasteiger partial charge in [-0.15, -0.1) is 0 Å². The number of aliphatic imine (C=N–C) groups is 1. The van der Waals surface area contributed by atoms with Crippen LogP contribution in [0.25, 0.3) is 0 Å². The summed E-state index contributed by atoms with van der Waals surface area (Å²) in [7, 11) is 0. The number of hydrogen-bond donors (Lipinski definition) is 1. The summed E-state index contributed by atoms with van der Waals surface area (Å²) in [5.74, 6) is -0.199. The summed E-state index contributed by atoms with van der Waals surface area (Å²) >= 11 is 0. The van der Waals surface area contributed by atoms with Crippen LogP contribution in [0, 0.1) is 23.1 Å². The van der Waals surface area contributed by atoms with Crippen LogP contribution in [0.5, 0.6) is 0 Å². The van der Waals surface area contributed by atoms with Crippen molar-refractivity contribution in [2.75, 3.05) is 0 Å². The molecular weight excluding hydrogens is 229 g/mol. The second kappa shape index (κ2) is 4.26. The fraction of sp³-hybridized carbons (Fsp3) is 0.286. The first-order valence-electron chi connectivity index (χ1n) is 5.93. The van der Waals surface area contributed by atoms with Gasteiger partial charge in [0, 0.05) is 24.3 Å². The number of hydrogen-bond acceptors (Lipinski definition) is 3. The minimum Gasteiger partial charge on any atom is -0.368 e. The van der Waals surface area contributed by atoms with Crippen LogP contribution in [-0.4, -0.2) is 12.4 Å². The van der Waals surface area contributed by atoms with Crippen LogP contribution < -0.4 is 5.32 Å². The molecule has 0 amide bonds. The predicted molar refractivity (Wildman–Crippen MR) is 66.4 cm³/mol.